The Morgan fingerprint density at radius 1 is 1.38 bits per heavy atom. The summed E-state index contributed by atoms with van der Waals surface area (Å²) in [6.07, 6.45) is 1.06. The minimum atomic E-state index is -0.817. The van der Waals surface area contributed by atoms with Gasteiger partial charge < -0.3 is 19.5 Å². The van der Waals surface area contributed by atoms with Gasteiger partial charge in [-0.2, -0.15) is 0 Å². The van der Waals surface area contributed by atoms with E-state index < -0.39 is 11.9 Å². The third-order valence-electron chi connectivity index (χ3n) is 3.37. The topological polar surface area (TPSA) is 59.0 Å². The summed E-state index contributed by atoms with van der Waals surface area (Å²) in [7, 11) is 0. The molecule has 0 aromatic heterocycles. The molecule has 2 aliphatic heterocycles. The molecular weight excluding hydrogens is 210 g/mol. The fraction of sp³-hybridized carbons (Fsp3) is 0.909. The number of rotatable bonds is 1. The minimum Gasteiger partial charge on any atom is -0.465 e. The van der Waals surface area contributed by atoms with Gasteiger partial charge in [0.1, 0.15) is 0 Å². The van der Waals surface area contributed by atoms with Crippen LogP contribution < -0.4 is 0 Å². The molecule has 2 saturated heterocycles. The van der Waals surface area contributed by atoms with Crippen molar-refractivity contribution in [1.29, 1.82) is 0 Å². The minimum absolute atomic E-state index is 0.131. The summed E-state index contributed by atoms with van der Waals surface area (Å²) < 4.78 is 11.3. The van der Waals surface area contributed by atoms with Gasteiger partial charge in [-0.3, -0.25) is 0 Å². The largest absolute Gasteiger partial charge is 0.465 e. The van der Waals surface area contributed by atoms with E-state index in [0.29, 0.717) is 25.6 Å². The van der Waals surface area contributed by atoms with Crippen LogP contribution in [0.5, 0.6) is 0 Å². The zero-order valence-electron chi connectivity index (χ0n) is 9.81. The first-order valence-electron chi connectivity index (χ1n) is 5.77. The maximum Gasteiger partial charge on any atom is 0.407 e. The second kappa shape index (κ2) is 4.22. The molecule has 2 aliphatic rings. The van der Waals surface area contributed by atoms with Gasteiger partial charge in [0.05, 0.1) is 12.7 Å². The van der Waals surface area contributed by atoms with Crippen LogP contribution in [-0.2, 0) is 9.47 Å². The monoisotopic (exact) mass is 229 g/mol. The molecule has 1 N–H and O–H groups in total. The SMILES string of the molecule is CC1(C)OC[C@@H](C2CCN(C(=O)O)CC2)O1. The van der Waals surface area contributed by atoms with Crippen molar-refractivity contribution in [2.24, 2.45) is 5.92 Å². The van der Waals surface area contributed by atoms with E-state index in [4.69, 9.17) is 14.6 Å². The van der Waals surface area contributed by atoms with Gasteiger partial charge in [-0.1, -0.05) is 0 Å². The Labute approximate surface area is 95.3 Å². The van der Waals surface area contributed by atoms with Crippen molar-refractivity contribution < 1.29 is 19.4 Å². The normalized spacial score (nSPS) is 30.6. The molecule has 92 valence electrons. The van der Waals surface area contributed by atoms with Crippen molar-refractivity contribution in [3.05, 3.63) is 0 Å². The second-order valence-electron chi connectivity index (χ2n) is 4.97. The lowest BCUT2D eigenvalue weighted by atomic mass is 9.92. The van der Waals surface area contributed by atoms with E-state index in [2.05, 4.69) is 0 Å². The quantitative estimate of drug-likeness (QED) is 0.740. The van der Waals surface area contributed by atoms with Gasteiger partial charge in [0.25, 0.3) is 0 Å². The highest BCUT2D eigenvalue weighted by Crippen LogP contribution is 2.31. The summed E-state index contributed by atoms with van der Waals surface area (Å²) in [5.41, 5.74) is 0. The highest BCUT2D eigenvalue weighted by molar-refractivity contribution is 5.64. The van der Waals surface area contributed by atoms with Gasteiger partial charge >= 0.3 is 6.09 Å². The molecule has 0 saturated carbocycles. The van der Waals surface area contributed by atoms with Gasteiger partial charge in [0.2, 0.25) is 0 Å². The number of amides is 1. The number of likely N-dealkylation sites (tertiary alicyclic amines) is 1. The Morgan fingerprint density at radius 3 is 2.44 bits per heavy atom. The zero-order chi connectivity index (χ0) is 11.8. The maximum atomic E-state index is 10.8. The molecule has 0 bridgehead atoms. The van der Waals surface area contributed by atoms with Gasteiger partial charge in [0.15, 0.2) is 5.79 Å². The highest BCUT2D eigenvalue weighted by Gasteiger charge is 2.38. The smallest absolute Gasteiger partial charge is 0.407 e. The van der Waals surface area contributed by atoms with E-state index in [1.54, 1.807) is 0 Å². The van der Waals surface area contributed by atoms with Crippen LogP contribution >= 0.6 is 0 Å². The predicted octanol–water partition coefficient (Wildman–Crippen LogP) is 1.53. The Kier molecular flexibility index (Phi) is 3.08. The lowest BCUT2D eigenvalue weighted by Gasteiger charge is -2.32. The standard InChI is InChI=1S/C11H19NO4/c1-11(2)15-7-9(16-11)8-3-5-12(6-4-8)10(13)14/h8-9H,3-7H2,1-2H3,(H,13,14)/t9-/m0/s1. The first-order valence-corrected chi connectivity index (χ1v) is 5.77. The van der Waals surface area contributed by atoms with Crippen molar-refractivity contribution in [2.75, 3.05) is 19.7 Å². The van der Waals surface area contributed by atoms with Crippen molar-refractivity contribution in [3.63, 3.8) is 0 Å². The lowest BCUT2D eigenvalue weighted by molar-refractivity contribution is -0.146. The molecule has 0 unspecified atom stereocenters. The lowest BCUT2D eigenvalue weighted by Crippen LogP contribution is -2.41. The van der Waals surface area contributed by atoms with Crippen molar-refractivity contribution in [3.8, 4) is 0 Å². The molecule has 2 heterocycles. The third kappa shape index (κ3) is 2.47. The number of nitrogens with zero attached hydrogens (tertiary/aromatic N) is 1. The number of hydrogen-bond acceptors (Lipinski definition) is 3. The third-order valence-corrected chi connectivity index (χ3v) is 3.37. The Hall–Kier alpha value is -0.810. The van der Waals surface area contributed by atoms with Crippen LogP contribution in [0, 0.1) is 5.92 Å². The van der Waals surface area contributed by atoms with E-state index in [1.807, 2.05) is 13.8 Å². The number of piperidine rings is 1. The maximum absolute atomic E-state index is 10.8. The molecule has 2 rings (SSSR count). The number of carbonyl (C=O) groups is 1. The molecule has 0 radical (unpaired) electrons. The zero-order valence-corrected chi connectivity index (χ0v) is 9.81. The predicted molar refractivity (Wildman–Crippen MR) is 57.2 cm³/mol. The van der Waals surface area contributed by atoms with E-state index in [0.717, 1.165) is 12.8 Å². The van der Waals surface area contributed by atoms with E-state index >= 15 is 0 Å². The molecule has 1 amide bonds. The molecule has 1 atom stereocenters. The number of carboxylic acid groups (broad SMARTS) is 1. The first-order chi connectivity index (χ1) is 7.48. The van der Waals surface area contributed by atoms with Crippen molar-refractivity contribution in [1.82, 2.24) is 4.90 Å². The highest BCUT2D eigenvalue weighted by atomic mass is 16.7. The van der Waals surface area contributed by atoms with Gasteiger partial charge in [-0.15, -0.1) is 0 Å². The summed E-state index contributed by atoms with van der Waals surface area (Å²) in [6.45, 7) is 5.68. The molecule has 0 aromatic rings. The number of hydrogen-bond donors (Lipinski definition) is 1. The van der Waals surface area contributed by atoms with E-state index in [-0.39, 0.29) is 6.10 Å². The average Bonchev–Trinajstić information content (AvgIpc) is 2.59. The Bertz CT molecular complexity index is 271. The first kappa shape index (κ1) is 11.7. The molecule has 0 aromatic carbocycles. The van der Waals surface area contributed by atoms with Gasteiger partial charge in [-0.05, 0) is 32.6 Å². The van der Waals surface area contributed by atoms with Crippen LogP contribution in [0.4, 0.5) is 4.79 Å². The molecule has 16 heavy (non-hydrogen) atoms. The molecule has 5 heteroatoms. The Morgan fingerprint density at radius 2 is 2.00 bits per heavy atom. The van der Waals surface area contributed by atoms with Crippen LogP contribution in [0.2, 0.25) is 0 Å². The fourth-order valence-electron chi connectivity index (χ4n) is 2.41. The van der Waals surface area contributed by atoms with Crippen LogP contribution in [-0.4, -0.2) is 47.7 Å². The molecule has 0 spiro atoms. The van der Waals surface area contributed by atoms with E-state index in [9.17, 15) is 4.79 Å². The van der Waals surface area contributed by atoms with Crippen LogP contribution in [0.25, 0.3) is 0 Å². The Balaban J connectivity index is 1.84. The van der Waals surface area contributed by atoms with E-state index in [1.165, 1.54) is 4.90 Å². The summed E-state index contributed by atoms with van der Waals surface area (Å²) >= 11 is 0. The fourth-order valence-corrected chi connectivity index (χ4v) is 2.41. The summed E-state index contributed by atoms with van der Waals surface area (Å²) in [5, 5.41) is 8.84. The average molecular weight is 229 g/mol. The van der Waals surface area contributed by atoms with Crippen LogP contribution in [0.15, 0.2) is 0 Å². The second-order valence-corrected chi connectivity index (χ2v) is 4.97. The molecule has 2 fully saturated rings. The summed E-state index contributed by atoms with van der Waals surface area (Å²) in [5.74, 6) is -0.0495. The summed E-state index contributed by atoms with van der Waals surface area (Å²) in [6, 6.07) is 0. The summed E-state index contributed by atoms with van der Waals surface area (Å²) in [4.78, 5) is 12.2. The van der Waals surface area contributed by atoms with Gasteiger partial charge in [-0.25, -0.2) is 4.79 Å². The molecule has 0 aliphatic carbocycles. The van der Waals surface area contributed by atoms with Gasteiger partial charge in [0, 0.05) is 13.1 Å². The number of ether oxygens (including phenoxy) is 2. The molecule has 5 nitrogen and oxygen atoms in total. The van der Waals surface area contributed by atoms with Crippen LogP contribution in [0.1, 0.15) is 26.7 Å². The van der Waals surface area contributed by atoms with Crippen molar-refractivity contribution >= 4 is 6.09 Å². The van der Waals surface area contributed by atoms with Crippen LogP contribution in [0.3, 0.4) is 0 Å². The molecular formula is C11H19NO4. The van der Waals surface area contributed by atoms with Crippen molar-refractivity contribution in [2.45, 2.75) is 38.6 Å².